The first-order chi connectivity index (χ1) is 9.95. The van der Waals surface area contributed by atoms with Gasteiger partial charge in [-0.3, -0.25) is 4.79 Å². The normalized spacial score (nSPS) is 10.0. The third-order valence-electron chi connectivity index (χ3n) is 2.54. The largest absolute Gasteiger partial charge is 0.423 e. The van der Waals surface area contributed by atoms with E-state index in [-0.39, 0.29) is 17.2 Å². The third-order valence-corrected chi connectivity index (χ3v) is 2.54. The van der Waals surface area contributed by atoms with Crippen LogP contribution < -0.4 is 10.1 Å². The van der Waals surface area contributed by atoms with Gasteiger partial charge in [0, 0.05) is 12.6 Å². The van der Waals surface area contributed by atoms with Gasteiger partial charge in [0.25, 0.3) is 0 Å². The van der Waals surface area contributed by atoms with Gasteiger partial charge >= 0.3 is 5.97 Å². The molecule has 4 nitrogen and oxygen atoms in total. The van der Waals surface area contributed by atoms with E-state index in [1.54, 1.807) is 12.1 Å². The number of hydrogen-bond donors (Lipinski definition) is 1. The van der Waals surface area contributed by atoms with Crippen LogP contribution in [-0.2, 0) is 4.79 Å². The van der Waals surface area contributed by atoms with Gasteiger partial charge in [0.2, 0.25) is 5.91 Å². The van der Waals surface area contributed by atoms with Gasteiger partial charge in [-0.2, -0.15) is 0 Å². The fourth-order valence-corrected chi connectivity index (χ4v) is 1.60. The van der Waals surface area contributed by atoms with E-state index in [2.05, 4.69) is 5.32 Å². The Morgan fingerprint density at radius 1 is 1.00 bits per heavy atom. The second-order valence-electron chi connectivity index (χ2n) is 4.22. The molecule has 2 aromatic rings. The predicted molar refractivity (Wildman–Crippen MR) is 72.1 cm³/mol. The van der Waals surface area contributed by atoms with Gasteiger partial charge in [0.1, 0.15) is 5.75 Å². The molecular weight excluding hydrogens is 280 g/mol. The quantitative estimate of drug-likeness (QED) is 0.698. The Balaban J connectivity index is 2.08. The number of ether oxygens (including phenoxy) is 1. The van der Waals surface area contributed by atoms with Gasteiger partial charge in [0.15, 0.2) is 11.6 Å². The summed E-state index contributed by atoms with van der Waals surface area (Å²) in [4.78, 5) is 22.6. The number of anilines is 1. The van der Waals surface area contributed by atoms with Crippen LogP contribution in [0.5, 0.6) is 5.75 Å². The van der Waals surface area contributed by atoms with Gasteiger partial charge < -0.3 is 10.1 Å². The zero-order valence-corrected chi connectivity index (χ0v) is 11.0. The summed E-state index contributed by atoms with van der Waals surface area (Å²) in [5, 5.41) is 2.56. The standard InChI is InChI=1S/C15H11F2NO3/c1-9(19)18-11-3-5-12(6-4-11)21-15(20)10-2-7-13(16)14(17)8-10/h2-8H,1H3,(H,18,19). The molecule has 0 bridgehead atoms. The highest BCUT2D eigenvalue weighted by Gasteiger charge is 2.12. The molecule has 0 saturated carbocycles. The smallest absolute Gasteiger partial charge is 0.343 e. The van der Waals surface area contributed by atoms with Crippen LogP contribution in [0, 0.1) is 11.6 Å². The Bertz CT molecular complexity index is 684. The van der Waals surface area contributed by atoms with Gasteiger partial charge in [-0.05, 0) is 42.5 Å². The van der Waals surface area contributed by atoms with Gasteiger partial charge in [0.05, 0.1) is 5.56 Å². The lowest BCUT2D eigenvalue weighted by Crippen LogP contribution is -2.09. The van der Waals surface area contributed by atoms with Crippen molar-refractivity contribution in [3.05, 3.63) is 59.7 Å². The zero-order chi connectivity index (χ0) is 15.4. The first-order valence-electron chi connectivity index (χ1n) is 6.00. The Morgan fingerprint density at radius 3 is 2.24 bits per heavy atom. The lowest BCUT2D eigenvalue weighted by atomic mass is 10.2. The Morgan fingerprint density at radius 2 is 1.67 bits per heavy atom. The van der Waals surface area contributed by atoms with Crippen molar-refractivity contribution in [1.29, 1.82) is 0 Å². The number of rotatable bonds is 3. The highest BCUT2D eigenvalue weighted by atomic mass is 19.2. The molecule has 0 unspecified atom stereocenters. The van der Waals surface area contributed by atoms with Crippen LogP contribution >= 0.6 is 0 Å². The van der Waals surface area contributed by atoms with Crippen LogP contribution in [0.3, 0.4) is 0 Å². The van der Waals surface area contributed by atoms with E-state index in [4.69, 9.17) is 4.74 Å². The summed E-state index contributed by atoms with van der Waals surface area (Å²) in [7, 11) is 0. The Labute approximate surface area is 119 Å². The van der Waals surface area contributed by atoms with E-state index in [1.807, 2.05) is 0 Å². The lowest BCUT2D eigenvalue weighted by molar-refractivity contribution is -0.114. The zero-order valence-electron chi connectivity index (χ0n) is 11.0. The number of hydrogen-bond acceptors (Lipinski definition) is 3. The fraction of sp³-hybridized carbons (Fsp3) is 0.0667. The average molecular weight is 291 g/mol. The van der Waals surface area contributed by atoms with Crippen LogP contribution in [-0.4, -0.2) is 11.9 Å². The molecule has 6 heteroatoms. The van der Waals surface area contributed by atoms with Crippen molar-refractivity contribution in [2.45, 2.75) is 6.92 Å². The maximum Gasteiger partial charge on any atom is 0.343 e. The van der Waals surface area contributed by atoms with Crippen molar-refractivity contribution in [1.82, 2.24) is 0 Å². The topological polar surface area (TPSA) is 55.4 Å². The number of esters is 1. The van der Waals surface area contributed by atoms with E-state index in [9.17, 15) is 18.4 Å². The molecule has 0 aliphatic rings. The van der Waals surface area contributed by atoms with Crippen LogP contribution in [0.25, 0.3) is 0 Å². The fourth-order valence-electron chi connectivity index (χ4n) is 1.60. The molecule has 0 aromatic heterocycles. The van der Waals surface area contributed by atoms with E-state index in [0.29, 0.717) is 5.69 Å². The SMILES string of the molecule is CC(=O)Nc1ccc(OC(=O)c2ccc(F)c(F)c2)cc1. The number of carbonyl (C=O) groups excluding carboxylic acids is 2. The molecule has 1 amide bonds. The summed E-state index contributed by atoms with van der Waals surface area (Å²) >= 11 is 0. The summed E-state index contributed by atoms with van der Waals surface area (Å²) in [6, 6.07) is 8.80. The van der Waals surface area contributed by atoms with E-state index < -0.39 is 17.6 Å². The first kappa shape index (κ1) is 14.6. The van der Waals surface area contributed by atoms with Crippen molar-refractivity contribution in [2.24, 2.45) is 0 Å². The Kier molecular flexibility index (Phi) is 4.27. The molecular formula is C15H11F2NO3. The molecule has 2 aromatic carbocycles. The average Bonchev–Trinajstić information content (AvgIpc) is 2.43. The van der Waals surface area contributed by atoms with Crippen LogP contribution in [0.15, 0.2) is 42.5 Å². The molecule has 0 heterocycles. The van der Waals surface area contributed by atoms with E-state index in [0.717, 1.165) is 18.2 Å². The maximum absolute atomic E-state index is 13.0. The molecule has 0 saturated heterocycles. The highest BCUT2D eigenvalue weighted by molar-refractivity contribution is 5.91. The number of benzene rings is 2. The molecule has 0 aliphatic heterocycles. The van der Waals surface area contributed by atoms with Gasteiger partial charge in [-0.25, -0.2) is 13.6 Å². The van der Waals surface area contributed by atoms with Crippen LogP contribution in [0.4, 0.5) is 14.5 Å². The van der Waals surface area contributed by atoms with Gasteiger partial charge in [-0.15, -0.1) is 0 Å². The second-order valence-corrected chi connectivity index (χ2v) is 4.22. The van der Waals surface area contributed by atoms with Crippen molar-refractivity contribution in [3.63, 3.8) is 0 Å². The molecule has 0 radical (unpaired) electrons. The molecule has 1 N–H and O–H groups in total. The first-order valence-corrected chi connectivity index (χ1v) is 6.00. The van der Waals surface area contributed by atoms with Crippen LogP contribution in [0.1, 0.15) is 17.3 Å². The minimum absolute atomic E-state index is 0.0974. The maximum atomic E-state index is 13.0. The summed E-state index contributed by atoms with van der Waals surface area (Å²) in [5.74, 6) is -2.96. The number of amides is 1. The summed E-state index contributed by atoms with van der Waals surface area (Å²) in [6.07, 6.45) is 0. The summed E-state index contributed by atoms with van der Waals surface area (Å²) in [6.45, 7) is 1.37. The van der Waals surface area contributed by atoms with E-state index in [1.165, 1.54) is 19.1 Å². The number of halogens is 2. The molecule has 0 fully saturated rings. The highest BCUT2D eigenvalue weighted by Crippen LogP contribution is 2.18. The predicted octanol–water partition coefficient (Wildman–Crippen LogP) is 3.14. The molecule has 21 heavy (non-hydrogen) atoms. The molecule has 0 atom stereocenters. The summed E-state index contributed by atoms with van der Waals surface area (Å²) in [5.41, 5.74) is 0.454. The molecule has 108 valence electrons. The summed E-state index contributed by atoms with van der Waals surface area (Å²) < 4.78 is 30.8. The lowest BCUT2D eigenvalue weighted by Gasteiger charge is -2.06. The van der Waals surface area contributed by atoms with Crippen molar-refractivity contribution in [3.8, 4) is 5.75 Å². The van der Waals surface area contributed by atoms with Crippen molar-refractivity contribution in [2.75, 3.05) is 5.32 Å². The monoisotopic (exact) mass is 291 g/mol. The minimum Gasteiger partial charge on any atom is -0.423 e. The van der Waals surface area contributed by atoms with Crippen LogP contribution in [0.2, 0.25) is 0 Å². The van der Waals surface area contributed by atoms with Crippen molar-refractivity contribution >= 4 is 17.6 Å². The van der Waals surface area contributed by atoms with Gasteiger partial charge in [-0.1, -0.05) is 0 Å². The molecule has 2 rings (SSSR count). The second kappa shape index (κ2) is 6.13. The minimum atomic E-state index is -1.12. The Hall–Kier alpha value is -2.76. The number of nitrogens with one attached hydrogen (secondary N) is 1. The third kappa shape index (κ3) is 3.85. The van der Waals surface area contributed by atoms with E-state index >= 15 is 0 Å². The molecule has 0 aliphatic carbocycles. The molecule has 0 spiro atoms. The van der Waals surface area contributed by atoms with Crippen molar-refractivity contribution < 1.29 is 23.1 Å². The number of carbonyl (C=O) groups is 2.